The molecule has 1 N–H and O–H groups in total. The molecule has 0 spiro atoms. The minimum absolute atomic E-state index is 0.0876. The van der Waals surface area contributed by atoms with Crippen LogP contribution in [0.4, 0.5) is 14.6 Å². The molecule has 0 radical (unpaired) electrons. The van der Waals surface area contributed by atoms with Gasteiger partial charge in [-0.3, -0.25) is 4.79 Å². The topological polar surface area (TPSA) is 93.9 Å². The second kappa shape index (κ2) is 7.77. The molecule has 2 heterocycles. The number of nitrogens with one attached hydrogen (secondary N) is 1. The Kier molecular flexibility index (Phi) is 5.49. The van der Waals surface area contributed by atoms with E-state index in [1.807, 2.05) is 6.92 Å². The van der Waals surface area contributed by atoms with Gasteiger partial charge < -0.3 is 9.88 Å². The Morgan fingerprint density at radius 3 is 2.53 bits per heavy atom. The van der Waals surface area contributed by atoms with E-state index in [2.05, 4.69) is 15.5 Å². The molecule has 3 aromatic rings. The van der Waals surface area contributed by atoms with Crippen LogP contribution < -0.4 is 10.9 Å². The Bertz CT molecular complexity index is 1390. The minimum Gasteiger partial charge on any atom is -0.361 e. The number of alkyl halides is 2. The smallest absolute Gasteiger partial charge is 0.341 e. The van der Waals surface area contributed by atoms with Gasteiger partial charge in [0.1, 0.15) is 0 Å². The zero-order chi connectivity index (χ0) is 23.4. The van der Waals surface area contributed by atoms with Crippen LogP contribution in [-0.2, 0) is 15.4 Å². The van der Waals surface area contributed by atoms with E-state index in [1.165, 1.54) is 25.1 Å². The monoisotopic (exact) mass is 482 g/mol. The largest absolute Gasteiger partial charge is 0.361 e. The second-order valence-electron chi connectivity index (χ2n) is 8.29. The summed E-state index contributed by atoms with van der Waals surface area (Å²) in [7, 11) is -4.74. The summed E-state index contributed by atoms with van der Waals surface area (Å²) < 4.78 is 51.9. The quantitative estimate of drug-likeness (QED) is 0.558. The van der Waals surface area contributed by atoms with Crippen molar-refractivity contribution >= 4 is 38.0 Å². The molecular weight excluding hydrogens is 462 g/mol. The summed E-state index contributed by atoms with van der Waals surface area (Å²) in [6.45, 7) is 5.23. The summed E-state index contributed by atoms with van der Waals surface area (Å²) in [5.41, 5.74) is 0.297. The number of fused-ring (bicyclic) bond motifs is 1. The molecule has 0 unspecified atom stereocenters. The molecule has 1 aromatic carbocycles. The SMILES string of the molecule is Cc1c([C@@H](C)Nc2nnc(Cl)c3cc(=O)n(C4(C)CC4)cc23)cccc1S(=O)(=O)C(F)F. The maximum atomic E-state index is 13.1. The lowest BCUT2D eigenvalue weighted by atomic mass is 10.0. The van der Waals surface area contributed by atoms with Crippen molar-refractivity contribution in [3.63, 3.8) is 0 Å². The number of nitrogens with zero attached hydrogens (tertiary/aromatic N) is 3. The van der Waals surface area contributed by atoms with Crippen molar-refractivity contribution in [2.45, 2.75) is 55.8 Å². The van der Waals surface area contributed by atoms with Gasteiger partial charge in [-0.1, -0.05) is 23.7 Å². The second-order valence-corrected chi connectivity index (χ2v) is 10.5. The first kappa shape index (κ1) is 22.6. The molecule has 4 rings (SSSR count). The molecule has 1 aliphatic rings. The number of hydrogen-bond donors (Lipinski definition) is 1. The van der Waals surface area contributed by atoms with Crippen molar-refractivity contribution in [1.82, 2.24) is 14.8 Å². The molecule has 32 heavy (non-hydrogen) atoms. The average Bonchev–Trinajstić information content (AvgIpc) is 3.48. The Hall–Kier alpha value is -2.59. The van der Waals surface area contributed by atoms with Gasteiger partial charge in [-0.2, -0.15) is 8.78 Å². The number of anilines is 1. The number of benzene rings is 1. The fourth-order valence-electron chi connectivity index (χ4n) is 3.83. The summed E-state index contributed by atoms with van der Waals surface area (Å²) in [4.78, 5) is 12.2. The van der Waals surface area contributed by atoms with Crippen molar-refractivity contribution in [3.8, 4) is 0 Å². The number of halogens is 3. The van der Waals surface area contributed by atoms with Gasteiger partial charge in [0.2, 0.25) is 9.84 Å². The zero-order valence-electron chi connectivity index (χ0n) is 17.6. The molecule has 0 aliphatic heterocycles. The molecule has 2 aromatic heterocycles. The van der Waals surface area contributed by atoms with Crippen molar-refractivity contribution in [3.05, 3.63) is 57.1 Å². The van der Waals surface area contributed by atoms with Crippen molar-refractivity contribution in [1.29, 1.82) is 0 Å². The van der Waals surface area contributed by atoms with E-state index >= 15 is 0 Å². The molecule has 0 amide bonds. The summed E-state index contributed by atoms with van der Waals surface area (Å²) in [6.07, 6.45) is 3.47. The summed E-state index contributed by atoms with van der Waals surface area (Å²) in [6, 6.07) is 5.17. The van der Waals surface area contributed by atoms with E-state index < -0.39 is 26.5 Å². The highest BCUT2D eigenvalue weighted by atomic mass is 35.5. The van der Waals surface area contributed by atoms with E-state index in [-0.39, 0.29) is 21.8 Å². The summed E-state index contributed by atoms with van der Waals surface area (Å²) in [5.74, 6) is -3.16. The Labute approximate surface area is 188 Å². The van der Waals surface area contributed by atoms with E-state index in [4.69, 9.17) is 11.6 Å². The minimum atomic E-state index is -4.74. The molecule has 11 heteroatoms. The molecule has 1 saturated carbocycles. The zero-order valence-corrected chi connectivity index (χ0v) is 19.1. The van der Waals surface area contributed by atoms with Crippen LogP contribution in [0.5, 0.6) is 0 Å². The van der Waals surface area contributed by atoms with Crippen molar-refractivity contribution in [2.75, 3.05) is 5.32 Å². The van der Waals surface area contributed by atoms with Crippen molar-refractivity contribution < 1.29 is 17.2 Å². The van der Waals surface area contributed by atoms with Crippen LogP contribution >= 0.6 is 11.6 Å². The van der Waals surface area contributed by atoms with E-state index in [1.54, 1.807) is 23.8 Å². The lowest BCUT2D eigenvalue weighted by Crippen LogP contribution is -2.27. The van der Waals surface area contributed by atoms with Crippen LogP contribution in [0, 0.1) is 6.92 Å². The number of sulfone groups is 1. The highest BCUT2D eigenvalue weighted by Gasteiger charge is 2.40. The van der Waals surface area contributed by atoms with Crippen molar-refractivity contribution in [2.24, 2.45) is 0 Å². The van der Waals surface area contributed by atoms with Crippen LogP contribution in [0.15, 0.2) is 40.2 Å². The summed E-state index contributed by atoms with van der Waals surface area (Å²) >= 11 is 6.18. The number of rotatable bonds is 6. The Morgan fingerprint density at radius 2 is 1.91 bits per heavy atom. The van der Waals surface area contributed by atoms with Gasteiger partial charge in [-0.25, -0.2) is 8.42 Å². The van der Waals surface area contributed by atoms with Gasteiger partial charge >= 0.3 is 5.76 Å². The third-order valence-electron chi connectivity index (χ3n) is 6.01. The standard InChI is InChI=1S/C21H21ClF2N4O3S/c1-11-13(5-4-6-16(11)32(30,31)20(23)24)12(2)25-19-15-10-28(21(3)7-8-21)17(29)9-14(15)18(22)26-27-19/h4-6,9-10,12,20H,7-8H2,1-3H3,(H,25,27)/t12-/m1/s1. The number of pyridine rings is 1. The first-order valence-electron chi connectivity index (χ1n) is 9.93. The summed E-state index contributed by atoms with van der Waals surface area (Å²) in [5, 5.41) is 12.3. The molecular formula is C21H21ClF2N4O3S. The van der Waals surface area contributed by atoms with Gasteiger partial charge in [0.05, 0.1) is 10.9 Å². The Morgan fingerprint density at radius 1 is 1.22 bits per heavy atom. The van der Waals surface area contributed by atoms with Gasteiger partial charge in [0.15, 0.2) is 11.0 Å². The highest BCUT2D eigenvalue weighted by molar-refractivity contribution is 7.91. The van der Waals surface area contributed by atoms with E-state index in [9.17, 15) is 22.0 Å². The van der Waals surface area contributed by atoms with Gasteiger partial charge in [-0.05, 0) is 50.8 Å². The van der Waals surface area contributed by atoms with E-state index in [0.717, 1.165) is 12.8 Å². The maximum absolute atomic E-state index is 13.1. The van der Waals surface area contributed by atoms with Gasteiger partial charge in [-0.15, -0.1) is 10.2 Å². The fraction of sp³-hybridized carbons (Fsp3) is 0.381. The predicted molar refractivity (Wildman–Crippen MR) is 118 cm³/mol. The normalized spacial score (nSPS) is 16.3. The third kappa shape index (κ3) is 3.75. The molecule has 0 bridgehead atoms. The molecule has 0 saturated heterocycles. The predicted octanol–water partition coefficient (Wildman–Crippen LogP) is 4.43. The maximum Gasteiger partial charge on any atom is 0.341 e. The van der Waals surface area contributed by atoms with Crippen LogP contribution in [0.2, 0.25) is 5.15 Å². The lowest BCUT2D eigenvalue weighted by molar-refractivity contribution is 0.234. The third-order valence-corrected chi connectivity index (χ3v) is 7.81. The van der Waals surface area contributed by atoms with Crippen LogP contribution in [-0.4, -0.2) is 28.9 Å². The first-order chi connectivity index (χ1) is 15.0. The van der Waals surface area contributed by atoms with Crippen LogP contribution in [0.1, 0.15) is 43.9 Å². The van der Waals surface area contributed by atoms with Crippen LogP contribution in [0.25, 0.3) is 10.8 Å². The van der Waals surface area contributed by atoms with Gasteiger partial charge in [0, 0.05) is 28.6 Å². The molecule has 7 nitrogen and oxygen atoms in total. The molecule has 1 fully saturated rings. The average molecular weight is 483 g/mol. The fourth-order valence-corrected chi connectivity index (χ4v) is 5.03. The molecule has 170 valence electrons. The Balaban J connectivity index is 1.78. The lowest BCUT2D eigenvalue weighted by Gasteiger charge is -2.21. The molecule has 1 aliphatic carbocycles. The van der Waals surface area contributed by atoms with Crippen LogP contribution in [0.3, 0.4) is 0 Å². The van der Waals surface area contributed by atoms with Gasteiger partial charge in [0.25, 0.3) is 5.56 Å². The number of aromatic nitrogens is 3. The highest BCUT2D eigenvalue weighted by Crippen LogP contribution is 2.42. The van der Waals surface area contributed by atoms with E-state index in [0.29, 0.717) is 22.2 Å². The molecule has 1 atom stereocenters. The number of hydrogen-bond acceptors (Lipinski definition) is 6. The first-order valence-corrected chi connectivity index (χ1v) is 11.9.